The molecule has 0 unspecified atom stereocenters. The molecule has 0 aliphatic rings. The number of ether oxygens (including phenoxy) is 6. The molecule has 0 atom stereocenters. The van der Waals surface area contributed by atoms with Gasteiger partial charge in [0.25, 0.3) is 25.7 Å². The van der Waals surface area contributed by atoms with Gasteiger partial charge in [-0.3, -0.25) is 24.3 Å². The number of nitrogens with one attached hydrogen (secondary N) is 3. The molecule has 6 N–H and O–H groups in total. The number of carboxylic acids is 3. The summed E-state index contributed by atoms with van der Waals surface area (Å²) in [6, 6.07) is 58.4. The maximum atomic E-state index is 12.5. The summed E-state index contributed by atoms with van der Waals surface area (Å²) >= 11 is 0. The number of sulfonamides is 3. The molecule has 9 aromatic rings. The molecule has 0 saturated heterocycles. The summed E-state index contributed by atoms with van der Waals surface area (Å²) in [6.45, 7) is 2.82. The Balaban J connectivity index is 0.000000196. The Morgan fingerprint density at radius 2 is 0.739 bits per heavy atom. The highest BCUT2D eigenvalue weighted by Crippen LogP contribution is 2.28. The average molecular weight is 1310 g/mol. The lowest BCUT2D eigenvalue weighted by Crippen LogP contribution is -2.15. The molecular weight excluding hydrogens is 1250 g/mol. The number of aromatic carboxylic acids is 3. The number of aryl methyl sites for hydroxylation is 1. The van der Waals surface area contributed by atoms with Gasteiger partial charge in [-0.2, -0.15) is 0 Å². The molecule has 9 rings (SSSR count). The molecule has 27 heteroatoms. The number of anilines is 3. The van der Waals surface area contributed by atoms with E-state index in [1.807, 2.05) is 13.0 Å². The number of nitro groups is 1. The second-order valence-corrected chi connectivity index (χ2v) is 24.2. The maximum Gasteiger partial charge on any atom is 0.339 e. The van der Waals surface area contributed by atoms with Gasteiger partial charge in [0.1, 0.15) is 90.8 Å². The molecule has 0 spiro atoms. The number of para-hydroxylation sites is 4. The van der Waals surface area contributed by atoms with Gasteiger partial charge >= 0.3 is 17.9 Å². The molecule has 0 aliphatic heterocycles. The van der Waals surface area contributed by atoms with Crippen LogP contribution in [0.1, 0.15) is 42.2 Å². The van der Waals surface area contributed by atoms with Crippen molar-refractivity contribution in [3.05, 3.63) is 262 Å². The van der Waals surface area contributed by atoms with Crippen LogP contribution in [0.15, 0.2) is 234 Å². The molecule has 0 aromatic heterocycles. The van der Waals surface area contributed by atoms with Crippen molar-refractivity contribution in [3.63, 3.8) is 0 Å². The first-order valence-corrected chi connectivity index (χ1v) is 32.1. The molecule has 0 saturated carbocycles. The van der Waals surface area contributed by atoms with E-state index in [1.54, 1.807) is 152 Å². The fourth-order valence-electron chi connectivity index (χ4n) is 8.08. The summed E-state index contributed by atoms with van der Waals surface area (Å²) in [5.41, 5.74) is 2.42. The van der Waals surface area contributed by atoms with Gasteiger partial charge in [-0.05, 0) is 140 Å². The number of nitrogens with zero attached hydrogens (tertiary/aromatic N) is 1. The lowest BCUT2D eigenvalue weighted by atomic mass is 10.2. The van der Waals surface area contributed by atoms with Gasteiger partial charge in [0, 0.05) is 23.1 Å². The molecule has 0 radical (unpaired) electrons. The lowest BCUT2D eigenvalue weighted by Gasteiger charge is -2.11. The lowest BCUT2D eigenvalue weighted by molar-refractivity contribution is -0.387. The number of carbonyl (C=O) groups is 3. The summed E-state index contributed by atoms with van der Waals surface area (Å²) in [4.78, 5) is 43.5. The normalized spacial score (nSPS) is 10.9. The minimum atomic E-state index is -4.16. The van der Waals surface area contributed by atoms with Crippen LogP contribution >= 0.6 is 0 Å². The number of benzene rings is 9. The third kappa shape index (κ3) is 21.3. The fraction of sp³-hybridized carbons (Fsp3) is 0.123. The Kier molecular flexibility index (Phi) is 24.4. The van der Waals surface area contributed by atoms with Crippen LogP contribution in [0.5, 0.6) is 34.5 Å². The molecule has 0 aliphatic carbocycles. The van der Waals surface area contributed by atoms with Crippen LogP contribution in [0, 0.1) is 17.0 Å². The van der Waals surface area contributed by atoms with Crippen LogP contribution in [0.4, 0.5) is 22.7 Å². The quantitative estimate of drug-likeness (QED) is 0.0144. The highest BCUT2D eigenvalue weighted by molar-refractivity contribution is 7.93. The molecule has 478 valence electrons. The summed E-state index contributed by atoms with van der Waals surface area (Å²) in [7, 11) is -11.4. The monoisotopic (exact) mass is 1310 g/mol. The van der Waals surface area contributed by atoms with Crippen LogP contribution in [-0.2, 0) is 35.8 Å². The van der Waals surface area contributed by atoms with E-state index in [0.29, 0.717) is 34.2 Å². The van der Waals surface area contributed by atoms with E-state index < -0.39 is 63.5 Å². The first-order chi connectivity index (χ1) is 44.1. The third-order valence-electron chi connectivity index (χ3n) is 12.4. The van der Waals surface area contributed by atoms with Crippen LogP contribution in [0.2, 0.25) is 0 Å². The summed E-state index contributed by atoms with van der Waals surface area (Å²) in [5.74, 6) is -1.06. The largest absolute Gasteiger partial charge is 0.490 e. The predicted octanol–water partition coefficient (Wildman–Crippen LogP) is 11.3. The zero-order chi connectivity index (χ0) is 66.1. The van der Waals surface area contributed by atoms with Crippen molar-refractivity contribution >= 4 is 70.7 Å². The van der Waals surface area contributed by atoms with Crippen molar-refractivity contribution < 1.29 is 88.3 Å². The van der Waals surface area contributed by atoms with E-state index in [1.165, 1.54) is 54.6 Å². The first kappa shape index (κ1) is 68.3. The van der Waals surface area contributed by atoms with E-state index in [9.17, 15) is 49.8 Å². The SMILES string of the molecule is Cc1ccc(S(=O)(=O)Nc2ccc(OCCOc3ccccc3C(=O)O)cc2)cc1.O=C(O)c1ccccc1OCCOc1ccc(NS(=O)(=O)Cc2ccccc2)cc1.O=C(O)c1ccccc1OCCOc1ccc(NS(=O)(=O)c2ccccc2[N+](=O)[O-])cc1. The van der Waals surface area contributed by atoms with E-state index in [0.717, 1.165) is 17.7 Å². The molecule has 0 fully saturated rings. The summed E-state index contributed by atoms with van der Waals surface area (Å²) in [5, 5.41) is 38.5. The number of rotatable bonds is 29. The van der Waals surface area contributed by atoms with Crippen molar-refractivity contribution in [1.82, 2.24) is 0 Å². The first-order valence-electron chi connectivity index (χ1n) is 27.5. The zero-order valence-corrected chi connectivity index (χ0v) is 51.2. The maximum absolute atomic E-state index is 12.5. The molecule has 9 aromatic carbocycles. The third-order valence-corrected chi connectivity index (χ3v) is 16.5. The van der Waals surface area contributed by atoms with E-state index >= 15 is 0 Å². The number of hydrogen-bond donors (Lipinski definition) is 6. The molecule has 24 nitrogen and oxygen atoms in total. The van der Waals surface area contributed by atoms with E-state index in [4.69, 9.17) is 43.7 Å². The summed E-state index contributed by atoms with van der Waals surface area (Å²) in [6.07, 6.45) is 0. The Hall–Kier alpha value is -11.2. The molecule has 0 bridgehead atoms. The van der Waals surface area contributed by atoms with Gasteiger partial charge in [-0.25, -0.2) is 39.6 Å². The molecule has 92 heavy (non-hydrogen) atoms. The van der Waals surface area contributed by atoms with Crippen molar-refractivity contribution in [2.24, 2.45) is 0 Å². The highest BCUT2D eigenvalue weighted by Gasteiger charge is 2.25. The number of hydrogen-bond acceptors (Lipinski definition) is 17. The Labute approximate surface area is 529 Å². The standard InChI is InChI=1S/2C22H21NO6S.C21H18N2O8S/c1-16-6-12-19(13-7-16)30(26,27)23-17-8-10-18(11-9-17)28-14-15-29-21-5-3-2-4-20(21)22(24)25;24-22(25)20-8-4-5-9-21(20)29-15-14-28-19-12-10-18(11-13-19)23-30(26,27)16-17-6-2-1-3-7-17;24-21(25)17-5-1-3-7-19(17)31-14-13-30-16-11-9-15(10-12-16)22-32(28,29)20-8-4-2-6-18(20)23(26)27/h2-13,23H,14-15H2,1H3,(H,24,25);1-13,23H,14-16H2,(H,24,25);1-12,22H,13-14H2,(H,24,25). The van der Waals surface area contributed by atoms with Gasteiger partial charge < -0.3 is 43.7 Å². The van der Waals surface area contributed by atoms with E-state index in [-0.39, 0.29) is 89.9 Å². The van der Waals surface area contributed by atoms with E-state index in [2.05, 4.69) is 14.2 Å². The van der Waals surface area contributed by atoms with Gasteiger partial charge in [-0.15, -0.1) is 0 Å². The topological polar surface area (TPSA) is 349 Å². The Bertz CT molecular complexity index is 4300. The van der Waals surface area contributed by atoms with Gasteiger partial charge in [0.2, 0.25) is 10.0 Å². The van der Waals surface area contributed by atoms with Crippen molar-refractivity contribution in [3.8, 4) is 34.5 Å². The van der Waals surface area contributed by atoms with Gasteiger partial charge in [0.05, 0.1) is 15.6 Å². The Morgan fingerprint density at radius 3 is 1.13 bits per heavy atom. The second-order valence-electron chi connectivity index (χ2n) is 19.2. The van der Waals surface area contributed by atoms with Gasteiger partial charge in [0.15, 0.2) is 4.90 Å². The van der Waals surface area contributed by atoms with Crippen molar-refractivity contribution in [1.29, 1.82) is 0 Å². The fourth-order valence-corrected chi connectivity index (χ4v) is 11.6. The van der Waals surface area contributed by atoms with Crippen LogP contribution in [0.25, 0.3) is 0 Å². The van der Waals surface area contributed by atoms with Crippen LogP contribution in [-0.4, -0.2) is 103 Å². The van der Waals surface area contributed by atoms with Crippen LogP contribution in [0.3, 0.4) is 0 Å². The predicted molar refractivity (Wildman–Crippen MR) is 341 cm³/mol. The minimum absolute atomic E-state index is 0.0442. The Morgan fingerprint density at radius 1 is 0.402 bits per heavy atom. The molecule has 0 amide bonds. The van der Waals surface area contributed by atoms with Crippen LogP contribution < -0.4 is 42.6 Å². The molecular formula is C65H60N4O20S3. The zero-order valence-electron chi connectivity index (χ0n) is 48.8. The second kappa shape index (κ2) is 32.9. The average Bonchev–Trinajstić information content (AvgIpc) is 0.976. The number of nitro benzene ring substituents is 1. The van der Waals surface area contributed by atoms with Crippen molar-refractivity contribution in [2.45, 2.75) is 22.5 Å². The molecule has 0 heterocycles. The van der Waals surface area contributed by atoms with Crippen molar-refractivity contribution in [2.75, 3.05) is 53.8 Å². The summed E-state index contributed by atoms with van der Waals surface area (Å²) < 4.78 is 115. The minimum Gasteiger partial charge on any atom is -0.490 e. The van der Waals surface area contributed by atoms with Gasteiger partial charge in [-0.1, -0.05) is 96.6 Å². The number of carboxylic acid groups (broad SMARTS) is 3. The smallest absolute Gasteiger partial charge is 0.339 e. The highest BCUT2D eigenvalue weighted by atomic mass is 32.2.